The van der Waals surface area contributed by atoms with Gasteiger partial charge in [-0.2, -0.15) is 0 Å². The maximum atomic E-state index is 11.9. The van der Waals surface area contributed by atoms with Crippen LogP contribution in [0.1, 0.15) is 38.1 Å². The highest BCUT2D eigenvalue weighted by Crippen LogP contribution is 2.23. The molecule has 0 aliphatic heterocycles. The molecule has 0 aliphatic carbocycles. The number of rotatable bonds is 4. The Labute approximate surface area is 137 Å². The number of carbonyl (C=O) groups excluding carboxylic acids is 1. The molecule has 0 bridgehead atoms. The average Bonchev–Trinajstić information content (AvgIpc) is 2.90. The SMILES string of the molecule is Cn1cccc1C(O)CNC(=O)Nc1ccc(C(C)(C)C)cc1. The van der Waals surface area contributed by atoms with Crippen LogP contribution in [0, 0.1) is 0 Å². The number of aryl methyl sites for hydroxylation is 1. The molecule has 0 radical (unpaired) electrons. The Balaban J connectivity index is 1.86. The Kier molecular flexibility index (Phi) is 5.11. The molecule has 5 heteroatoms. The molecule has 1 unspecified atom stereocenters. The van der Waals surface area contributed by atoms with Crippen LogP contribution in [0.15, 0.2) is 42.6 Å². The summed E-state index contributed by atoms with van der Waals surface area (Å²) in [5.41, 5.74) is 2.78. The van der Waals surface area contributed by atoms with E-state index in [0.717, 1.165) is 11.4 Å². The third kappa shape index (κ3) is 4.60. The van der Waals surface area contributed by atoms with Crippen molar-refractivity contribution in [1.82, 2.24) is 9.88 Å². The second kappa shape index (κ2) is 6.87. The fourth-order valence-electron chi connectivity index (χ4n) is 2.34. The van der Waals surface area contributed by atoms with Gasteiger partial charge in [-0.3, -0.25) is 0 Å². The fraction of sp³-hybridized carbons (Fsp3) is 0.389. The smallest absolute Gasteiger partial charge is 0.319 e. The van der Waals surface area contributed by atoms with E-state index < -0.39 is 6.10 Å². The number of nitrogens with zero attached hydrogens (tertiary/aromatic N) is 1. The first-order valence-corrected chi connectivity index (χ1v) is 7.72. The summed E-state index contributed by atoms with van der Waals surface area (Å²) in [6.07, 6.45) is 1.12. The van der Waals surface area contributed by atoms with Crippen molar-refractivity contribution in [1.29, 1.82) is 0 Å². The molecule has 1 aromatic heterocycles. The lowest BCUT2D eigenvalue weighted by atomic mass is 9.87. The summed E-state index contributed by atoms with van der Waals surface area (Å²) >= 11 is 0. The minimum Gasteiger partial charge on any atom is -0.385 e. The average molecular weight is 315 g/mol. The third-order valence-electron chi connectivity index (χ3n) is 3.79. The summed E-state index contributed by atoms with van der Waals surface area (Å²) in [6, 6.07) is 11.1. The topological polar surface area (TPSA) is 66.3 Å². The van der Waals surface area contributed by atoms with Gasteiger partial charge in [-0.05, 0) is 35.2 Å². The number of anilines is 1. The molecule has 0 saturated carbocycles. The molecule has 0 fully saturated rings. The maximum absolute atomic E-state index is 11.9. The lowest BCUT2D eigenvalue weighted by Gasteiger charge is -2.19. The molecule has 3 N–H and O–H groups in total. The van der Waals surface area contributed by atoms with Crippen LogP contribution in [0.3, 0.4) is 0 Å². The van der Waals surface area contributed by atoms with Crippen LogP contribution < -0.4 is 10.6 Å². The Bertz CT molecular complexity index is 654. The van der Waals surface area contributed by atoms with Gasteiger partial charge in [-0.15, -0.1) is 0 Å². The molecule has 1 aromatic carbocycles. The molecule has 0 saturated heterocycles. The molecule has 5 nitrogen and oxygen atoms in total. The largest absolute Gasteiger partial charge is 0.385 e. The van der Waals surface area contributed by atoms with E-state index in [4.69, 9.17) is 0 Å². The third-order valence-corrected chi connectivity index (χ3v) is 3.79. The van der Waals surface area contributed by atoms with Crippen molar-refractivity contribution in [3.63, 3.8) is 0 Å². The van der Waals surface area contributed by atoms with Crippen molar-refractivity contribution < 1.29 is 9.90 Å². The number of benzene rings is 1. The highest BCUT2D eigenvalue weighted by molar-refractivity contribution is 5.89. The maximum Gasteiger partial charge on any atom is 0.319 e. The number of urea groups is 1. The first kappa shape index (κ1) is 17.1. The second-order valence-electron chi connectivity index (χ2n) is 6.72. The number of amides is 2. The summed E-state index contributed by atoms with van der Waals surface area (Å²) in [5.74, 6) is 0. The lowest BCUT2D eigenvalue weighted by Crippen LogP contribution is -2.32. The van der Waals surface area contributed by atoms with Gasteiger partial charge >= 0.3 is 6.03 Å². The molecular formula is C18H25N3O2. The van der Waals surface area contributed by atoms with E-state index in [1.54, 1.807) is 0 Å². The van der Waals surface area contributed by atoms with Gasteiger partial charge in [-0.1, -0.05) is 32.9 Å². The number of nitrogens with one attached hydrogen (secondary N) is 2. The van der Waals surface area contributed by atoms with Crippen LogP contribution >= 0.6 is 0 Å². The first-order valence-electron chi connectivity index (χ1n) is 7.72. The summed E-state index contributed by atoms with van der Waals surface area (Å²) in [4.78, 5) is 11.9. The Morgan fingerprint density at radius 3 is 2.39 bits per heavy atom. The van der Waals surface area contributed by atoms with Gasteiger partial charge in [0.1, 0.15) is 6.10 Å². The Hall–Kier alpha value is -2.27. The molecule has 2 aromatic rings. The van der Waals surface area contributed by atoms with Crippen molar-refractivity contribution in [2.75, 3.05) is 11.9 Å². The van der Waals surface area contributed by atoms with Crippen molar-refractivity contribution >= 4 is 11.7 Å². The predicted octanol–water partition coefficient (Wildman–Crippen LogP) is 3.18. The number of hydrogen-bond acceptors (Lipinski definition) is 2. The summed E-state index contributed by atoms with van der Waals surface area (Å²) < 4.78 is 1.83. The monoisotopic (exact) mass is 315 g/mol. The zero-order valence-electron chi connectivity index (χ0n) is 14.1. The highest BCUT2D eigenvalue weighted by Gasteiger charge is 2.14. The zero-order valence-corrected chi connectivity index (χ0v) is 14.1. The molecule has 0 spiro atoms. The van der Waals surface area contributed by atoms with Gasteiger partial charge in [0.05, 0.1) is 6.54 Å². The fourth-order valence-corrected chi connectivity index (χ4v) is 2.34. The van der Waals surface area contributed by atoms with Gasteiger partial charge in [0.25, 0.3) is 0 Å². The van der Waals surface area contributed by atoms with Crippen LogP contribution in [-0.2, 0) is 12.5 Å². The minimum absolute atomic E-state index is 0.0833. The summed E-state index contributed by atoms with van der Waals surface area (Å²) in [7, 11) is 1.86. The standard InChI is InChI=1S/C18H25N3O2/c1-18(2,3)13-7-9-14(10-8-13)20-17(23)19-12-16(22)15-6-5-11-21(15)4/h5-11,16,22H,12H2,1-4H3,(H2,19,20,23). The van der Waals surface area contributed by atoms with Crippen LogP contribution in [0.25, 0.3) is 0 Å². The van der Waals surface area contributed by atoms with E-state index in [2.05, 4.69) is 31.4 Å². The van der Waals surface area contributed by atoms with Gasteiger partial charge in [0, 0.05) is 24.6 Å². The minimum atomic E-state index is -0.732. The van der Waals surface area contributed by atoms with Gasteiger partial charge < -0.3 is 20.3 Å². The first-order chi connectivity index (χ1) is 10.8. The van der Waals surface area contributed by atoms with E-state index in [9.17, 15) is 9.90 Å². The quantitative estimate of drug-likeness (QED) is 0.811. The summed E-state index contributed by atoms with van der Waals surface area (Å²) in [6.45, 7) is 6.59. The highest BCUT2D eigenvalue weighted by atomic mass is 16.3. The van der Waals surface area contributed by atoms with Gasteiger partial charge in [-0.25, -0.2) is 4.79 Å². The predicted molar refractivity (Wildman–Crippen MR) is 92.5 cm³/mol. The van der Waals surface area contributed by atoms with Crippen molar-refractivity contribution in [3.05, 3.63) is 53.9 Å². The van der Waals surface area contributed by atoms with E-state index in [0.29, 0.717) is 0 Å². The molecule has 2 rings (SSSR count). The molecule has 23 heavy (non-hydrogen) atoms. The van der Waals surface area contributed by atoms with E-state index in [1.165, 1.54) is 5.56 Å². The number of carbonyl (C=O) groups is 1. The Morgan fingerprint density at radius 1 is 1.22 bits per heavy atom. The number of aliphatic hydroxyl groups is 1. The molecule has 1 heterocycles. The van der Waals surface area contributed by atoms with E-state index in [-0.39, 0.29) is 18.0 Å². The number of aliphatic hydroxyl groups excluding tert-OH is 1. The zero-order chi connectivity index (χ0) is 17.0. The van der Waals surface area contributed by atoms with Crippen molar-refractivity contribution in [2.45, 2.75) is 32.3 Å². The molecule has 0 aliphatic rings. The van der Waals surface area contributed by atoms with Crippen molar-refractivity contribution in [2.24, 2.45) is 7.05 Å². The molecule has 2 amide bonds. The Morgan fingerprint density at radius 2 is 1.87 bits per heavy atom. The number of hydrogen-bond donors (Lipinski definition) is 3. The van der Waals surface area contributed by atoms with Crippen LogP contribution in [0.2, 0.25) is 0 Å². The molecular weight excluding hydrogens is 290 g/mol. The van der Waals surface area contributed by atoms with Crippen LogP contribution in [-0.4, -0.2) is 22.2 Å². The molecule has 1 atom stereocenters. The van der Waals surface area contributed by atoms with E-state index >= 15 is 0 Å². The summed E-state index contributed by atoms with van der Waals surface area (Å²) in [5, 5.41) is 15.5. The van der Waals surface area contributed by atoms with Gasteiger partial charge in [0.2, 0.25) is 0 Å². The van der Waals surface area contributed by atoms with Crippen LogP contribution in [0.5, 0.6) is 0 Å². The van der Waals surface area contributed by atoms with Crippen LogP contribution in [0.4, 0.5) is 10.5 Å². The van der Waals surface area contributed by atoms with E-state index in [1.807, 2.05) is 54.2 Å². The lowest BCUT2D eigenvalue weighted by molar-refractivity contribution is 0.167. The second-order valence-corrected chi connectivity index (χ2v) is 6.72. The normalized spacial score (nSPS) is 12.7. The van der Waals surface area contributed by atoms with Crippen molar-refractivity contribution in [3.8, 4) is 0 Å². The molecule has 124 valence electrons. The van der Waals surface area contributed by atoms with Gasteiger partial charge in [0.15, 0.2) is 0 Å². The number of aromatic nitrogens is 1.